The molecule has 2 aromatic rings. The summed E-state index contributed by atoms with van der Waals surface area (Å²) in [6, 6.07) is 5.62. The number of aromatic carboxylic acids is 1. The van der Waals surface area contributed by atoms with Crippen LogP contribution in [0.1, 0.15) is 32.1 Å². The highest BCUT2D eigenvalue weighted by atomic mass is 16.4. The second-order valence-corrected chi connectivity index (χ2v) is 4.15. The van der Waals surface area contributed by atoms with Crippen molar-refractivity contribution in [2.24, 2.45) is 0 Å². The molecule has 6 nitrogen and oxygen atoms in total. The first-order valence-electron chi connectivity index (χ1n) is 5.65. The molecule has 0 bridgehead atoms. The summed E-state index contributed by atoms with van der Waals surface area (Å²) in [7, 11) is 0. The Morgan fingerprint density at radius 1 is 1.26 bits per heavy atom. The van der Waals surface area contributed by atoms with E-state index in [4.69, 9.17) is 5.11 Å². The average molecular weight is 259 g/mol. The highest BCUT2D eigenvalue weighted by Gasteiger charge is 2.20. The van der Waals surface area contributed by atoms with E-state index in [1.54, 1.807) is 0 Å². The average Bonchev–Trinajstić information content (AvgIpc) is 2.83. The number of carboxylic acid groups (broad SMARTS) is 1. The molecule has 2 rings (SSSR count). The molecule has 0 saturated heterocycles. The topological polar surface area (TPSA) is 95.1 Å². The molecule has 1 aromatic heterocycles. The number of carboxylic acids is 1. The number of anilines is 1. The van der Waals surface area contributed by atoms with Gasteiger partial charge in [0.25, 0.3) is 5.91 Å². The van der Waals surface area contributed by atoms with Gasteiger partial charge in [0.15, 0.2) is 11.4 Å². The predicted octanol–water partition coefficient (Wildman–Crippen LogP) is 1.98. The molecule has 0 saturated carbocycles. The van der Waals surface area contributed by atoms with Gasteiger partial charge >= 0.3 is 5.97 Å². The summed E-state index contributed by atoms with van der Waals surface area (Å²) >= 11 is 0. The summed E-state index contributed by atoms with van der Waals surface area (Å²) < 4.78 is 0. The van der Waals surface area contributed by atoms with Gasteiger partial charge in [-0.15, -0.1) is 0 Å². The number of H-pyrrole nitrogens is 1. The Bertz CT molecular complexity index is 626. The van der Waals surface area contributed by atoms with E-state index in [9.17, 15) is 9.59 Å². The summed E-state index contributed by atoms with van der Waals surface area (Å²) in [5.41, 5.74) is 2.13. The van der Waals surface area contributed by atoms with Crippen LogP contribution in [0.4, 0.5) is 5.69 Å². The zero-order valence-electron chi connectivity index (χ0n) is 10.5. The molecule has 1 amide bonds. The third kappa shape index (κ3) is 2.47. The van der Waals surface area contributed by atoms with Gasteiger partial charge in [-0.2, -0.15) is 0 Å². The molecule has 0 unspecified atom stereocenters. The molecule has 3 N–H and O–H groups in total. The fourth-order valence-electron chi connectivity index (χ4n) is 1.81. The molecule has 0 aliphatic carbocycles. The lowest BCUT2D eigenvalue weighted by atomic mass is 10.1. The third-order valence-corrected chi connectivity index (χ3v) is 2.79. The molecule has 1 aromatic carbocycles. The van der Waals surface area contributed by atoms with Crippen molar-refractivity contribution < 1.29 is 14.7 Å². The molecule has 0 aliphatic heterocycles. The standard InChI is InChI=1S/C13H13N3O3/c1-7-4-3-5-8(2)9(7)16-12(17)10-11(13(18)19)15-6-14-10/h3-6H,1-2H3,(H,14,15)(H,16,17)(H,18,19). The van der Waals surface area contributed by atoms with Crippen molar-refractivity contribution in [1.29, 1.82) is 0 Å². The van der Waals surface area contributed by atoms with Crippen molar-refractivity contribution in [2.75, 3.05) is 5.32 Å². The molecule has 0 fully saturated rings. The molecule has 98 valence electrons. The highest BCUT2D eigenvalue weighted by molar-refractivity contribution is 6.09. The lowest BCUT2D eigenvalue weighted by molar-refractivity contribution is 0.0686. The van der Waals surface area contributed by atoms with Gasteiger partial charge in [-0.1, -0.05) is 18.2 Å². The van der Waals surface area contributed by atoms with E-state index < -0.39 is 11.9 Å². The fourth-order valence-corrected chi connectivity index (χ4v) is 1.81. The van der Waals surface area contributed by atoms with E-state index in [0.29, 0.717) is 5.69 Å². The van der Waals surface area contributed by atoms with Crippen molar-refractivity contribution in [3.8, 4) is 0 Å². The van der Waals surface area contributed by atoms with Gasteiger partial charge in [0, 0.05) is 5.69 Å². The van der Waals surface area contributed by atoms with Gasteiger partial charge < -0.3 is 15.4 Å². The van der Waals surface area contributed by atoms with E-state index >= 15 is 0 Å². The van der Waals surface area contributed by atoms with E-state index in [1.165, 1.54) is 6.33 Å². The summed E-state index contributed by atoms with van der Waals surface area (Å²) in [6.45, 7) is 3.73. The van der Waals surface area contributed by atoms with Crippen LogP contribution in [0.3, 0.4) is 0 Å². The predicted molar refractivity (Wildman–Crippen MR) is 69.4 cm³/mol. The van der Waals surface area contributed by atoms with E-state index in [2.05, 4.69) is 15.3 Å². The SMILES string of the molecule is Cc1cccc(C)c1NC(=O)c1nc[nH]c1C(=O)O. The Kier molecular flexibility index (Phi) is 3.33. The van der Waals surface area contributed by atoms with Crippen LogP contribution in [0.15, 0.2) is 24.5 Å². The minimum atomic E-state index is -1.22. The number of para-hydroxylation sites is 1. The summed E-state index contributed by atoms with van der Waals surface area (Å²) in [6.07, 6.45) is 1.18. The number of carbonyl (C=O) groups excluding carboxylic acids is 1. The number of nitrogens with one attached hydrogen (secondary N) is 2. The number of benzene rings is 1. The fraction of sp³-hybridized carbons (Fsp3) is 0.154. The summed E-state index contributed by atoms with van der Waals surface area (Å²) in [4.78, 5) is 29.1. The number of hydrogen-bond donors (Lipinski definition) is 3. The van der Waals surface area contributed by atoms with Crippen LogP contribution in [0, 0.1) is 13.8 Å². The minimum Gasteiger partial charge on any atom is -0.477 e. The van der Waals surface area contributed by atoms with Crippen molar-refractivity contribution in [1.82, 2.24) is 9.97 Å². The third-order valence-electron chi connectivity index (χ3n) is 2.79. The number of imidazole rings is 1. The summed E-state index contributed by atoms with van der Waals surface area (Å²) in [5.74, 6) is -1.76. The smallest absolute Gasteiger partial charge is 0.354 e. The van der Waals surface area contributed by atoms with Crippen LogP contribution >= 0.6 is 0 Å². The zero-order valence-corrected chi connectivity index (χ0v) is 10.5. The maximum Gasteiger partial charge on any atom is 0.354 e. The molecule has 1 heterocycles. The number of rotatable bonds is 3. The lowest BCUT2D eigenvalue weighted by Crippen LogP contribution is -2.17. The molecule has 19 heavy (non-hydrogen) atoms. The largest absolute Gasteiger partial charge is 0.477 e. The van der Waals surface area contributed by atoms with Crippen LogP contribution < -0.4 is 5.32 Å². The number of amides is 1. The second-order valence-electron chi connectivity index (χ2n) is 4.15. The number of aryl methyl sites for hydroxylation is 2. The van der Waals surface area contributed by atoms with E-state index in [1.807, 2.05) is 32.0 Å². The molecule has 0 atom stereocenters. The van der Waals surface area contributed by atoms with Gasteiger partial charge in [0.2, 0.25) is 0 Å². The number of aromatic amines is 1. The van der Waals surface area contributed by atoms with Gasteiger partial charge in [-0.05, 0) is 25.0 Å². The normalized spacial score (nSPS) is 10.2. The molecular weight excluding hydrogens is 246 g/mol. The Morgan fingerprint density at radius 2 is 1.89 bits per heavy atom. The van der Waals surface area contributed by atoms with Crippen LogP contribution in [0.25, 0.3) is 0 Å². The first kappa shape index (κ1) is 12.8. The van der Waals surface area contributed by atoms with Gasteiger partial charge in [0.1, 0.15) is 0 Å². The van der Waals surface area contributed by atoms with Crippen LogP contribution in [-0.2, 0) is 0 Å². The highest BCUT2D eigenvalue weighted by Crippen LogP contribution is 2.20. The monoisotopic (exact) mass is 259 g/mol. The first-order chi connectivity index (χ1) is 9.00. The lowest BCUT2D eigenvalue weighted by Gasteiger charge is -2.10. The van der Waals surface area contributed by atoms with E-state index in [-0.39, 0.29) is 11.4 Å². The van der Waals surface area contributed by atoms with Crippen molar-refractivity contribution in [3.63, 3.8) is 0 Å². The van der Waals surface area contributed by atoms with Crippen LogP contribution in [0.2, 0.25) is 0 Å². The molecule has 6 heteroatoms. The Morgan fingerprint density at radius 3 is 2.47 bits per heavy atom. The number of aromatic nitrogens is 2. The first-order valence-corrected chi connectivity index (χ1v) is 5.65. The maximum absolute atomic E-state index is 12.0. The van der Waals surface area contributed by atoms with Gasteiger partial charge in [0.05, 0.1) is 6.33 Å². The molecule has 0 spiro atoms. The number of carbonyl (C=O) groups is 2. The maximum atomic E-state index is 12.0. The molecule has 0 aliphatic rings. The van der Waals surface area contributed by atoms with Gasteiger partial charge in [-0.3, -0.25) is 4.79 Å². The van der Waals surface area contributed by atoms with E-state index in [0.717, 1.165) is 11.1 Å². The van der Waals surface area contributed by atoms with Crippen LogP contribution in [-0.4, -0.2) is 27.0 Å². The minimum absolute atomic E-state index is 0.129. The van der Waals surface area contributed by atoms with Gasteiger partial charge in [-0.25, -0.2) is 9.78 Å². The number of hydrogen-bond acceptors (Lipinski definition) is 3. The molecule has 0 radical (unpaired) electrons. The second kappa shape index (κ2) is 4.93. The van der Waals surface area contributed by atoms with Crippen molar-refractivity contribution in [3.05, 3.63) is 47.0 Å². The quantitative estimate of drug-likeness (QED) is 0.785. The Balaban J connectivity index is 2.31. The zero-order chi connectivity index (χ0) is 14.0. The van der Waals surface area contributed by atoms with Crippen LogP contribution in [0.5, 0.6) is 0 Å². The Labute approximate surface area is 109 Å². The molecular formula is C13H13N3O3. The number of nitrogens with zero attached hydrogens (tertiary/aromatic N) is 1. The van der Waals surface area contributed by atoms with Crippen molar-refractivity contribution >= 4 is 17.6 Å². The summed E-state index contributed by atoms with van der Waals surface area (Å²) in [5, 5.41) is 11.6. The van der Waals surface area contributed by atoms with Crippen molar-refractivity contribution in [2.45, 2.75) is 13.8 Å². The Hall–Kier alpha value is -2.63.